The van der Waals surface area contributed by atoms with Crippen LogP contribution in [-0.4, -0.2) is 24.9 Å². The van der Waals surface area contributed by atoms with E-state index in [1.165, 1.54) is 0 Å². The lowest BCUT2D eigenvalue weighted by atomic mass is 9.97. The Bertz CT molecular complexity index is 2360. The van der Waals surface area contributed by atoms with Crippen LogP contribution in [0.25, 0.3) is 90.3 Å². The van der Waals surface area contributed by atoms with Crippen molar-refractivity contribution in [2.24, 2.45) is 0 Å². The second-order valence-corrected chi connectivity index (χ2v) is 13.0. The third-order valence-electron chi connectivity index (χ3n) is 9.38. The molecule has 2 heterocycles. The molecule has 0 aliphatic heterocycles. The summed E-state index contributed by atoms with van der Waals surface area (Å²) in [6.45, 7) is 0. The van der Waals surface area contributed by atoms with Crippen molar-refractivity contribution in [2.75, 3.05) is 0 Å². The molecule has 0 saturated carbocycles. The van der Waals surface area contributed by atoms with Crippen LogP contribution in [0.15, 0.2) is 200 Å². The summed E-state index contributed by atoms with van der Waals surface area (Å²) in [6.07, 6.45) is 0. The fraction of sp³-hybridized carbons (Fsp3) is 0. The van der Waals surface area contributed by atoms with Crippen molar-refractivity contribution < 1.29 is 0 Å². The summed E-state index contributed by atoms with van der Waals surface area (Å²) in [5.41, 5.74) is 12.2. The molecule has 0 amide bonds. The quantitative estimate of drug-likeness (QED) is 0.159. The molecular formula is C49H33N5. The molecule has 9 rings (SSSR count). The first-order chi connectivity index (χ1) is 26.7. The largest absolute Gasteiger partial charge is 0.228 e. The monoisotopic (exact) mass is 691 g/mol. The van der Waals surface area contributed by atoms with Gasteiger partial charge >= 0.3 is 0 Å². The van der Waals surface area contributed by atoms with Crippen molar-refractivity contribution in [3.05, 3.63) is 200 Å². The maximum Gasteiger partial charge on any atom is 0.164 e. The summed E-state index contributed by atoms with van der Waals surface area (Å²) in [5.74, 6) is 2.64. The minimum absolute atomic E-state index is 0.638. The van der Waals surface area contributed by atoms with E-state index in [9.17, 15) is 0 Å². The average Bonchev–Trinajstić information content (AvgIpc) is 3.27. The summed E-state index contributed by atoms with van der Waals surface area (Å²) >= 11 is 0. The lowest BCUT2D eigenvalue weighted by molar-refractivity contribution is 1.07. The molecule has 0 bridgehead atoms. The molecule has 0 spiro atoms. The maximum atomic E-state index is 5.00. The topological polar surface area (TPSA) is 64.5 Å². The molecular weight excluding hydrogens is 659 g/mol. The van der Waals surface area contributed by atoms with Gasteiger partial charge in [0.25, 0.3) is 0 Å². The first-order valence-corrected chi connectivity index (χ1v) is 17.9. The van der Waals surface area contributed by atoms with Crippen LogP contribution in [0.5, 0.6) is 0 Å². The zero-order chi connectivity index (χ0) is 36.1. The van der Waals surface area contributed by atoms with Crippen molar-refractivity contribution in [3.63, 3.8) is 0 Å². The van der Waals surface area contributed by atoms with Crippen LogP contribution < -0.4 is 0 Å². The molecule has 54 heavy (non-hydrogen) atoms. The molecule has 5 heteroatoms. The Hall–Kier alpha value is -7.37. The molecule has 2 aromatic heterocycles. The van der Waals surface area contributed by atoms with Gasteiger partial charge in [-0.1, -0.05) is 188 Å². The molecule has 9 aromatic rings. The van der Waals surface area contributed by atoms with Gasteiger partial charge < -0.3 is 0 Å². The molecule has 0 fully saturated rings. The van der Waals surface area contributed by atoms with Crippen LogP contribution in [-0.2, 0) is 0 Å². The van der Waals surface area contributed by atoms with E-state index >= 15 is 0 Å². The van der Waals surface area contributed by atoms with Crippen molar-refractivity contribution in [2.45, 2.75) is 0 Å². The smallest absolute Gasteiger partial charge is 0.164 e. The summed E-state index contributed by atoms with van der Waals surface area (Å²) in [4.78, 5) is 24.6. The van der Waals surface area contributed by atoms with Crippen LogP contribution >= 0.6 is 0 Å². The highest BCUT2D eigenvalue weighted by molar-refractivity contribution is 5.77. The van der Waals surface area contributed by atoms with Crippen molar-refractivity contribution in [1.82, 2.24) is 24.9 Å². The van der Waals surface area contributed by atoms with Crippen LogP contribution in [0.3, 0.4) is 0 Å². The van der Waals surface area contributed by atoms with Gasteiger partial charge in [0.05, 0.1) is 11.4 Å². The Morgan fingerprint density at radius 1 is 0.185 bits per heavy atom. The zero-order valence-corrected chi connectivity index (χ0v) is 29.3. The van der Waals surface area contributed by atoms with E-state index in [0.717, 1.165) is 67.0 Å². The second kappa shape index (κ2) is 14.7. The van der Waals surface area contributed by atoms with E-state index in [1.54, 1.807) is 0 Å². The highest BCUT2D eigenvalue weighted by atomic mass is 15.0. The van der Waals surface area contributed by atoms with Crippen molar-refractivity contribution in [3.8, 4) is 90.3 Å². The minimum Gasteiger partial charge on any atom is -0.228 e. The van der Waals surface area contributed by atoms with Gasteiger partial charge in [0.1, 0.15) is 0 Å². The summed E-state index contributed by atoms with van der Waals surface area (Å²) < 4.78 is 0. The number of hydrogen-bond donors (Lipinski definition) is 0. The second-order valence-electron chi connectivity index (χ2n) is 13.0. The highest BCUT2D eigenvalue weighted by Gasteiger charge is 2.14. The van der Waals surface area contributed by atoms with Crippen LogP contribution in [0.4, 0.5) is 0 Å². The van der Waals surface area contributed by atoms with Crippen LogP contribution in [0.1, 0.15) is 0 Å². The number of aromatic nitrogens is 5. The first kappa shape index (κ1) is 32.5. The van der Waals surface area contributed by atoms with E-state index in [4.69, 9.17) is 24.9 Å². The minimum atomic E-state index is 0.638. The maximum absolute atomic E-state index is 5.00. The molecule has 0 radical (unpaired) electrons. The SMILES string of the molecule is c1ccc(-c2cc(-c3ccc(-c4cccc(-c5ccc(-c6nc(-c7ccccc7)nc(-c7ccccc7)n6)cc5)c4)cc3)nc(-c3ccccc3)n2)cc1. The number of rotatable bonds is 8. The average molecular weight is 692 g/mol. The number of benzene rings is 7. The van der Waals surface area contributed by atoms with E-state index in [-0.39, 0.29) is 0 Å². The van der Waals surface area contributed by atoms with Crippen LogP contribution in [0, 0.1) is 0 Å². The van der Waals surface area contributed by atoms with Gasteiger partial charge in [0, 0.05) is 33.4 Å². The van der Waals surface area contributed by atoms with Gasteiger partial charge in [-0.2, -0.15) is 0 Å². The lowest BCUT2D eigenvalue weighted by Gasteiger charge is -2.11. The first-order valence-electron chi connectivity index (χ1n) is 17.9. The Kier molecular flexibility index (Phi) is 8.86. The molecule has 0 aliphatic carbocycles. The molecule has 0 N–H and O–H groups in total. The van der Waals surface area contributed by atoms with Gasteiger partial charge in [-0.05, 0) is 34.4 Å². The van der Waals surface area contributed by atoms with E-state index in [0.29, 0.717) is 23.3 Å². The van der Waals surface area contributed by atoms with Gasteiger partial charge in [0.15, 0.2) is 23.3 Å². The molecule has 254 valence electrons. The standard InChI is InChI=1S/C49H33N5/c1-5-14-36(15-6-1)44-33-45(51-46(50-44)38-16-7-2-8-17-38)37-28-24-34(25-29-37)42-22-13-23-43(32-42)35-26-30-41(31-27-35)49-53-47(39-18-9-3-10-19-39)52-48(54-49)40-20-11-4-12-21-40/h1-33H. The zero-order valence-electron chi connectivity index (χ0n) is 29.3. The van der Waals surface area contributed by atoms with Crippen molar-refractivity contribution >= 4 is 0 Å². The lowest BCUT2D eigenvalue weighted by Crippen LogP contribution is -2.00. The predicted octanol–water partition coefficient (Wildman–Crippen LogP) is 12.0. The fourth-order valence-electron chi connectivity index (χ4n) is 6.53. The van der Waals surface area contributed by atoms with Gasteiger partial charge in [0.2, 0.25) is 0 Å². The molecule has 0 unspecified atom stereocenters. The third kappa shape index (κ3) is 6.94. The Balaban J connectivity index is 1.00. The molecule has 0 atom stereocenters. The normalized spacial score (nSPS) is 11.0. The number of nitrogens with zero attached hydrogens (tertiary/aromatic N) is 5. The highest BCUT2D eigenvalue weighted by Crippen LogP contribution is 2.32. The molecule has 0 saturated heterocycles. The molecule has 5 nitrogen and oxygen atoms in total. The molecule has 7 aromatic carbocycles. The number of hydrogen-bond acceptors (Lipinski definition) is 5. The summed E-state index contributed by atoms with van der Waals surface area (Å²) in [5, 5.41) is 0. The Morgan fingerprint density at radius 3 is 0.870 bits per heavy atom. The van der Waals surface area contributed by atoms with E-state index in [1.807, 2.05) is 109 Å². The summed E-state index contributed by atoms with van der Waals surface area (Å²) in [7, 11) is 0. The van der Waals surface area contributed by atoms with E-state index < -0.39 is 0 Å². The Labute approximate surface area is 314 Å². The summed E-state index contributed by atoms with van der Waals surface area (Å²) in [6, 6.07) is 68.3. The Morgan fingerprint density at radius 2 is 0.463 bits per heavy atom. The van der Waals surface area contributed by atoms with Crippen LogP contribution in [0.2, 0.25) is 0 Å². The third-order valence-corrected chi connectivity index (χ3v) is 9.38. The fourth-order valence-corrected chi connectivity index (χ4v) is 6.53. The van der Waals surface area contributed by atoms with Crippen molar-refractivity contribution in [1.29, 1.82) is 0 Å². The van der Waals surface area contributed by atoms with E-state index in [2.05, 4.69) is 91.0 Å². The van der Waals surface area contributed by atoms with Gasteiger partial charge in [-0.3, -0.25) is 0 Å². The van der Waals surface area contributed by atoms with Gasteiger partial charge in [-0.15, -0.1) is 0 Å². The molecule has 0 aliphatic rings. The predicted molar refractivity (Wildman–Crippen MR) is 219 cm³/mol. The van der Waals surface area contributed by atoms with Gasteiger partial charge in [-0.25, -0.2) is 24.9 Å².